The Balaban J connectivity index is 1.94. The molecular weight excluding hydrogens is 262 g/mol. The van der Waals surface area contributed by atoms with E-state index in [1.165, 1.54) is 0 Å². The molecule has 108 valence electrons. The lowest BCUT2D eigenvalue weighted by Gasteiger charge is -2.23. The van der Waals surface area contributed by atoms with Crippen LogP contribution in [-0.4, -0.2) is 40.8 Å². The molecule has 20 heavy (non-hydrogen) atoms. The third-order valence-corrected chi connectivity index (χ3v) is 3.70. The summed E-state index contributed by atoms with van der Waals surface area (Å²) in [6, 6.07) is 1.98. The lowest BCUT2D eigenvalue weighted by Crippen LogP contribution is -2.31. The summed E-state index contributed by atoms with van der Waals surface area (Å²) in [5, 5.41) is 18.4. The normalized spacial score (nSPS) is 34.9. The number of nitrogens with one attached hydrogen (secondary N) is 1. The smallest absolute Gasteiger partial charge is 0.164 e. The van der Waals surface area contributed by atoms with Gasteiger partial charge < -0.3 is 30.0 Å². The van der Waals surface area contributed by atoms with E-state index >= 15 is 0 Å². The van der Waals surface area contributed by atoms with E-state index in [2.05, 4.69) is 4.98 Å². The fourth-order valence-electron chi connectivity index (χ4n) is 2.86. The average Bonchev–Trinajstić information content (AvgIpc) is 3.00. The molecule has 2 aliphatic heterocycles. The molecule has 2 aliphatic rings. The number of aromatic amines is 1. The van der Waals surface area contributed by atoms with Crippen LogP contribution in [0.2, 0.25) is 0 Å². The zero-order valence-electron chi connectivity index (χ0n) is 11.3. The van der Waals surface area contributed by atoms with E-state index in [0.717, 1.165) is 0 Å². The minimum atomic E-state index is -0.728. The van der Waals surface area contributed by atoms with Gasteiger partial charge in [-0.3, -0.25) is 0 Å². The first-order valence-corrected chi connectivity index (χ1v) is 6.45. The number of fused-ring (bicyclic) bond motifs is 1. The first-order valence-electron chi connectivity index (χ1n) is 6.45. The summed E-state index contributed by atoms with van der Waals surface area (Å²) >= 11 is 0. The number of rotatable bonds is 2. The summed E-state index contributed by atoms with van der Waals surface area (Å²) in [6.07, 6.45) is 0.0138. The molecule has 2 saturated heterocycles. The van der Waals surface area contributed by atoms with Crippen molar-refractivity contribution in [2.45, 2.75) is 44.1 Å². The molecule has 7 nitrogen and oxygen atoms in total. The molecule has 0 bridgehead atoms. The van der Waals surface area contributed by atoms with E-state index in [1.807, 2.05) is 19.9 Å². The van der Waals surface area contributed by atoms with Crippen molar-refractivity contribution in [3.8, 4) is 6.07 Å². The summed E-state index contributed by atoms with van der Waals surface area (Å²) in [4.78, 5) is 2.81. The highest BCUT2D eigenvalue weighted by molar-refractivity contribution is 5.58. The number of nitrogens with zero attached hydrogens (tertiary/aromatic N) is 1. The van der Waals surface area contributed by atoms with Gasteiger partial charge in [-0.2, -0.15) is 5.26 Å². The van der Waals surface area contributed by atoms with Crippen molar-refractivity contribution in [1.29, 1.82) is 5.26 Å². The van der Waals surface area contributed by atoms with Gasteiger partial charge in [0.15, 0.2) is 5.79 Å². The minimum absolute atomic E-state index is 0.160. The number of ether oxygens (including phenoxy) is 3. The van der Waals surface area contributed by atoms with Crippen molar-refractivity contribution in [1.82, 2.24) is 4.98 Å². The van der Waals surface area contributed by atoms with Crippen LogP contribution in [0.25, 0.3) is 0 Å². The number of hydrogen-bond donors (Lipinski definition) is 3. The predicted octanol–water partition coefficient (Wildman–Crippen LogP) is 0.421. The Bertz CT molecular complexity index is 562. The topological polar surface area (TPSA) is 114 Å². The van der Waals surface area contributed by atoms with Crippen LogP contribution >= 0.6 is 0 Å². The molecule has 0 radical (unpaired) electrons. The van der Waals surface area contributed by atoms with Gasteiger partial charge in [0.1, 0.15) is 36.2 Å². The van der Waals surface area contributed by atoms with E-state index in [9.17, 15) is 5.11 Å². The number of aliphatic hydroxyl groups is 1. The average molecular weight is 279 g/mol. The minimum Gasteiger partial charge on any atom is -0.396 e. The second-order valence-corrected chi connectivity index (χ2v) is 5.49. The largest absolute Gasteiger partial charge is 0.396 e. The highest BCUT2D eigenvalue weighted by Gasteiger charge is 2.55. The molecule has 0 amide bonds. The SMILES string of the molecule is CC1(C)O[C@@H]2[C@@H](CO)OC(c3c[nH]c(C#N)c3N)[C@@H]2O1. The molecule has 3 rings (SSSR count). The third-order valence-electron chi connectivity index (χ3n) is 3.70. The van der Waals surface area contributed by atoms with Crippen LogP contribution in [0.1, 0.15) is 31.2 Å². The predicted molar refractivity (Wildman–Crippen MR) is 68.4 cm³/mol. The summed E-state index contributed by atoms with van der Waals surface area (Å²) in [7, 11) is 0. The van der Waals surface area contributed by atoms with Crippen LogP contribution in [0, 0.1) is 11.3 Å². The van der Waals surface area contributed by atoms with Crippen molar-refractivity contribution >= 4 is 5.69 Å². The lowest BCUT2D eigenvalue weighted by atomic mass is 10.0. The van der Waals surface area contributed by atoms with Crippen LogP contribution in [0.4, 0.5) is 5.69 Å². The molecule has 0 aromatic carbocycles. The maximum absolute atomic E-state index is 9.42. The zero-order chi connectivity index (χ0) is 14.5. The summed E-state index contributed by atoms with van der Waals surface area (Å²) in [6.45, 7) is 3.47. The number of nitrogens with two attached hydrogens (primary N) is 1. The van der Waals surface area contributed by atoms with Crippen molar-refractivity contribution < 1.29 is 19.3 Å². The molecule has 0 spiro atoms. The number of aliphatic hydroxyl groups excluding tert-OH is 1. The summed E-state index contributed by atoms with van der Waals surface area (Å²) < 4.78 is 17.4. The van der Waals surface area contributed by atoms with Gasteiger partial charge in [0.2, 0.25) is 0 Å². The van der Waals surface area contributed by atoms with Crippen LogP contribution in [0.5, 0.6) is 0 Å². The molecular formula is C13H17N3O4. The molecule has 7 heteroatoms. The molecule has 0 aliphatic carbocycles. The Kier molecular flexibility index (Phi) is 2.99. The maximum atomic E-state index is 9.42. The van der Waals surface area contributed by atoms with Crippen molar-refractivity contribution in [2.75, 3.05) is 12.3 Å². The second-order valence-electron chi connectivity index (χ2n) is 5.49. The Morgan fingerprint density at radius 1 is 1.45 bits per heavy atom. The Morgan fingerprint density at radius 3 is 2.75 bits per heavy atom. The van der Waals surface area contributed by atoms with Gasteiger partial charge in [-0.1, -0.05) is 0 Å². The standard InChI is InChI=1S/C13H17N3O4/c1-13(2)19-11-8(5-17)18-10(12(11)20-13)6-4-16-7(3-14)9(6)15/h4,8,10-12,16-17H,5,15H2,1-2H3/t8-,10?,11-,12+/m1/s1. The molecule has 4 atom stereocenters. The van der Waals surface area contributed by atoms with Gasteiger partial charge in [-0.05, 0) is 13.8 Å². The third kappa shape index (κ3) is 1.89. The number of hydrogen-bond acceptors (Lipinski definition) is 6. The first-order chi connectivity index (χ1) is 9.46. The van der Waals surface area contributed by atoms with Gasteiger partial charge in [0, 0.05) is 11.8 Å². The number of anilines is 1. The van der Waals surface area contributed by atoms with E-state index < -0.39 is 18.0 Å². The second kappa shape index (κ2) is 4.46. The number of nitriles is 1. The molecule has 1 unspecified atom stereocenters. The lowest BCUT2D eigenvalue weighted by molar-refractivity contribution is -0.191. The van der Waals surface area contributed by atoms with Crippen molar-refractivity contribution in [2.24, 2.45) is 0 Å². The van der Waals surface area contributed by atoms with E-state index in [-0.39, 0.29) is 18.8 Å². The fourth-order valence-corrected chi connectivity index (χ4v) is 2.86. The molecule has 2 fully saturated rings. The quantitative estimate of drug-likeness (QED) is 0.723. The van der Waals surface area contributed by atoms with E-state index in [0.29, 0.717) is 16.9 Å². The summed E-state index contributed by atoms with van der Waals surface area (Å²) in [5.41, 5.74) is 7.25. The Hall–Kier alpha value is -1.59. The van der Waals surface area contributed by atoms with Crippen LogP contribution in [-0.2, 0) is 14.2 Å². The number of aromatic nitrogens is 1. The van der Waals surface area contributed by atoms with Crippen molar-refractivity contribution in [3.05, 3.63) is 17.5 Å². The van der Waals surface area contributed by atoms with Crippen LogP contribution in [0.15, 0.2) is 6.20 Å². The molecule has 0 saturated carbocycles. The van der Waals surface area contributed by atoms with Gasteiger partial charge in [-0.15, -0.1) is 0 Å². The summed E-state index contributed by atoms with van der Waals surface area (Å²) in [5.74, 6) is -0.728. The fraction of sp³-hybridized carbons (Fsp3) is 0.615. The molecule has 1 aromatic heterocycles. The van der Waals surface area contributed by atoms with Gasteiger partial charge in [0.25, 0.3) is 0 Å². The van der Waals surface area contributed by atoms with Gasteiger partial charge in [0.05, 0.1) is 12.3 Å². The molecule has 1 aromatic rings. The zero-order valence-corrected chi connectivity index (χ0v) is 11.3. The number of H-pyrrole nitrogens is 1. The Labute approximate surface area is 116 Å². The maximum Gasteiger partial charge on any atom is 0.164 e. The van der Waals surface area contributed by atoms with Crippen LogP contribution in [0.3, 0.4) is 0 Å². The van der Waals surface area contributed by atoms with Crippen molar-refractivity contribution in [3.63, 3.8) is 0 Å². The number of nitrogen functional groups attached to an aromatic ring is 1. The van der Waals surface area contributed by atoms with Gasteiger partial charge >= 0.3 is 0 Å². The molecule has 3 heterocycles. The van der Waals surface area contributed by atoms with Crippen LogP contribution < -0.4 is 5.73 Å². The Morgan fingerprint density at radius 2 is 2.15 bits per heavy atom. The highest BCUT2D eigenvalue weighted by atomic mass is 16.8. The highest BCUT2D eigenvalue weighted by Crippen LogP contribution is 2.46. The first kappa shape index (κ1) is 13.4. The van der Waals surface area contributed by atoms with E-state index in [1.54, 1.807) is 6.20 Å². The van der Waals surface area contributed by atoms with Gasteiger partial charge in [-0.25, -0.2) is 0 Å². The molecule has 4 N–H and O–H groups in total. The monoisotopic (exact) mass is 279 g/mol. The van der Waals surface area contributed by atoms with E-state index in [4.69, 9.17) is 25.2 Å².